The molecule has 2 aromatic rings. The zero-order valence-corrected chi connectivity index (χ0v) is 13.3. The third-order valence-electron chi connectivity index (χ3n) is 3.57. The monoisotopic (exact) mass is 326 g/mol. The van der Waals surface area contributed by atoms with Crippen molar-refractivity contribution in [1.29, 1.82) is 0 Å². The summed E-state index contributed by atoms with van der Waals surface area (Å²) in [6.45, 7) is 2.19. The lowest BCUT2D eigenvalue weighted by molar-refractivity contribution is -0.123. The summed E-state index contributed by atoms with van der Waals surface area (Å²) in [5.74, 6) is -0.327. The molecule has 2 aromatic carbocycles. The van der Waals surface area contributed by atoms with Crippen molar-refractivity contribution >= 4 is 29.6 Å². The normalized spacial score (nSPS) is 16.1. The van der Waals surface area contributed by atoms with Crippen LogP contribution in [-0.4, -0.2) is 16.8 Å². The van der Waals surface area contributed by atoms with Crippen molar-refractivity contribution in [2.24, 2.45) is 0 Å². The molecule has 1 fully saturated rings. The molecule has 1 N–H and O–H groups in total. The second kappa shape index (κ2) is 6.26. The number of hydrogen-bond donors (Lipinski definition) is 1. The number of imide groups is 1. The number of carbonyl (C=O) groups is 2. The van der Waals surface area contributed by atoms with E-state index in [9.17, 15) is 9.59 Å². The average molecular weight is 327 g/mol. The van der Waals surface area contributed by atoms with Gasteiger partial charge in [-0.25, -0.2) is 4.79 Å². The number of rotatable bonds is 3. The van der Waals surface area contributed by atoms with E-state index in [1.54, 1.807) is 30.3 Å². The second-order valence-electron chi connectivity index (χ2n) is 5.42. The molecule has 3 rings (SSSR count). The highest BCUT2D eigenvalue weighted by molar-refractivity contribution is 6.30. The number of hydrogen-bond acceptors (Lipinski definition) is 2. The van der Waals surface area contributed by atoms with Crippen molar-refractivity contribution in [3.8, 4) is 0 Å². The van der Waals surface area contributed by atoms with Crippen molar-refractivity contribution in [2.75, 3.05) is 0 Å². The molecule has 1 aliphatic heterocycles. The summed E-state index contributed by atoms with van der Waals surface area (Å²) in [6, 6.07) is 14.4. The SMILES string of the molecule is Cc1cccc(C=C2NC(=O)N(Cc3ccc(Cl)cc3)C2=O)c1. The molecule has 0 radical (unpaired) electrons. The number of urea groups is 1. The summed E-state index contributed by atoms with van der Waals surface area (Å²) in [4.78, 5) is 25.7. The molecule has 0 atom stereocenters. The maximum atomic E-state index is 12.4. The lowest BCUT2D eigenvalue weighted by atomic mass is 10.1. The Bertz CT molecular complexity index is 797. The number of halogens is 1. The summed E-state index contributed by atoms with van der Waals surface area (Å²) in [5.41, 5.74) is 3.10. The summed E-state index contributed by atoms with van der Waals surface area (Å²) >= 11 is 5.84. The van der Waals surface area contributed by atoms with Gasteiger partial charge in [0.25, 0.3) is 5.91 Å². The molecule has 23 heavy (non-hydrogen) atoms. The highest BCUT2D eigenvalue weighted by Crippen LogP contribution is 2.18. The van der Waals surface area contributed by atoms with Crippen LogP contribution >= 0.6 is 11.6 Å². The maximum absolute atomic E-state index is 12.4. The summed E-state index contributed by atoms with van der Waals surface area (Å²) in [7, 11) is 0. The Kier molecular flexibility index (Phi) is 4.17. The van der Waals surface area contributed by atoms with Gasteiger partial charge in [0, 0.05) is 5.02 Å². The van der Waals surface area contributed by atoms with Gasteiger partial charge in [-0.2, -0.15) is 0 Å². The minimum Gasteiger partial charge on any atom is -0.303 e. The van der Waals surface area contributed by atoms with Gasteiger partial charge >= 0.3 is 6.03 Å². The predicted molar refractivity (Wildman–Crippen MR) is 89.7 cm³/mol. The van der Waals surface area contributed by atoms with Gasteiger partial charge in [-0.15, -0.1) is 0 Å². The predicted octanol–water partition coefficient (Wildman–Crippen LogP) is 3.74. The first-order valence-electron chi connectivity index (χ1n) is 7.18. The smallest absolute Gasteiger partial charge is 0.303 e. The van der Waals surface area contributed by atoms with Crippen LogP contribution in [0.3, 0.4) is 0 Å². The lowest BCUT2D eigenvalue weighted by Crippen LogP contribution is -2.30. The molecule has 0 bridgehead atoms. The van der Waals surface area contributed by atoms with E-state index >= 15 is 0 Å². The van der Waals surface area contributed by atoms with Gasteiger partial charge in [-0.3, -0.25) is 9.69 Å². The second-order valence-corrected chi connectivity index (χ2v) is 5.86. The number of nitrogens with one attached hydrogen (secondary N) is 1. The van der Waals surface area contributed by atoms with Crippen molar-refractivity contribution in [3.63, 3.8) is 0 Å². The minimum atomic E-state index is -0.413. The number of nitrogens with zero attached hydrogens (tertiary/aromatic N) is 1. The molecule has 0 saturated carbocycles. The van der Waals surface area contributed by atoms with E-state index in [0.717, 1.165) is 16.7 Å². The fourth-order valence-corrected chi connectivity index (χ4v) is 2.54. The average Bonchev–Trinajstić information content (AvgIpc) is 2.77. The molecule has 116 valence electrons. The molecular weight excluding hydrogens is 312 g/mol. The van der Waals surface area contributed by atoms with E-state index in [-0.39, 0.29) is 18.1 Å². The zero-order chi connectivity index (χ0) is 16.4. The first-order chi connectivity index (χ1) is 11.0. The number of aryl methyl sites for hydroxylation is 1. The molecule has 1 saturated heterocycles. The number of carbonyl (C=O) groups excluding carboxylic acids is 2. The first kappa shape index (κ1) is 15.3. The fraction of sp³-hybridized carbons (Fsp3) is 0.111. The van der Waals surface area contributed by atoms with Crippen LogP contribution in [0.2, 0.25) is 5.02 Å². The molecule has 5 heteroatoms. The minimum absolute atomic E-state index is 0.215. The molecule has 0 aliphatic carbocycles. The van der Waals surface area contributed by atoms with Crippen LogP contribution in [0.4, 0.5) is 4.79 Å². The van der Waals surface area contributed by atoms with Gasteiger partial charge in [0.2, 0.25) is 0 Å². The quantitative estimate of drug-likeness (QED) is 0.690. The Hall–Kier alpha value is -2.59. The van der Waals surface area contributed by atoms with E-state index < -0.39 is 6.03 Å². The van der Waals surface area contributed by atoms with Crippen LogP contribution in [0.5, 0.6) is 0 Å². The van der Waals surface area contributed by atoms with Crippen LogP contribution in [0, 0.1) is 6.92 Å². The molecule has 4 nitrogen and oxygen atoms in total. The Labute approximate surface area is 139 Å². The van der Waals surface area contributed by atoms with Crippen molar-refractivity contribution in [1.82, 2.24) is 10.2 Å². The Balaban J connectivity index is 1.81. The topological polar surface area (TPSA) is 49.4 Å². The summed E-state index contributed by atoms with van der Waals surface area (Å²) in [5, 5.41) is 3.24. The standard InChI is InChI=1S/C18H15ClN2O2/c1-12-3-2-4-14(9-12)10-16-17(22)21(18(23)20-16)11-13-5-7-15(19)8-6-13/h2-10H,11H2,1H3,(H,20,23). The van der Waals surface area contributed by atoms with E-state index in [4.69, 9.17) is 11.6 Å². The lowest BCUT2D eigenvalue weighted by Gasteiger charge is -2.11. The van der Waals surface area contributed by atoms with Crippen molar-refractivity contribution < 1.29 is 9.59 Å². The van der Waals surface area contributed by atoms with Crippen molar-refractivity contribution in [3.05, 3.63) is 75.9 Å². The van der Waals surface area contributed by atoms with Gasteiger partial charge in [0.15, 0.2) is 0 Å². The molecule has 3 amide bonds. The largest absolute Gasteiger partial charge is 0.329 e. The Morgan fingerprint density at radius 3 is 2.57 bits per heavy atom. The van der Waals surface area contributed by atoms with Gasteiger partial charge in [-0.1, -0.05) is 53.6 Å². The Morgan fingerprint density at radius 1 is 1.13 bits per heavy atom. The third kappa shape index (κ3) is 3.43. The zero-order valence-electron chi connectivity index (χ0n) is 12.5. The van der Waals surface area contributed by atoms with Gasteiger partial charge in [0.05, 0.1) is 6.54 Å². The molecule has 0 aromatic heterocycles. The van der Waals surface area contributed by atoms with Gasteiger partial charge in [0.1, 0.15) is 5.70 Å². The molecule has 1 aliphatic rings. The van der Waals surface area contributed by atoms with Crippen LogP contribution in [0.25, 0.3) is 6.08 Å². The van der Waals surface area contributed by atoms with Crippen molar-refractivity contribution in [2.45, 2.75) is 13.5 Å². The summed E-state index contributed by atoms with van der Waals surface area (Å²) < 4.78 is 0. The highest BCUT2D eigenvalue weighted by atomic mass is 35.5. The number of amides is 3. The summed E-state index contributed by atoms with van der Waals surface area (Å²) in [6.07, 6.45) is 1.69. The molecular formula is C18H15ClN2O2. The van der Waals surface area contributed by atoms with Crippen LogP contribution < -0.4 is 5.32 Å². The van der Waals surface area contributed by atoms with E-state index in [2.05, 4.69) is 5.32 Å². The van der Waals surface area contributed by atoms with Crippen LogP contribution in [0.15, 0.2) is 54.2 Å². The van der Waals surface area contributed by atoms with E-state index in [1.165, 1.54) is 4.90 Å². The van der Waals surface area contributed by atoms with Crippen LogP contribution in [0.1, 0.15) is 16.7 Å². The molecule has 1 heterocycles. The van der Waals surface area contributed by atoms with E-state index in [0.29, 0.717) is 5.02 Å². The van der Waals surface area contributed by atoms with Gasteiger partial charge < -0.3 is 5.32 Å². The first-order valence-corrected chi connectivity index (χ1v) is 7.56. The fourth-order valence-electron chi connectivity index (χ4n) is 2.41. The van der Waals surface area contributed by atoms with Crippen LogP contribution in [-0.2, 0) is 11.3 Å². The molecule has 0 spiro atoms. The number of benzene rings is 2. The maximum Gasteiger partial charge on any atom is 0.329 e. The van der Waals surface area contributed by atoms with Gasteiger partial charge in [-0.05, 0) is 36.3 Å². The Morgan fingerprint density at radius 2 is 1.87 bits per heavy atom. The highest BCUT2D eigenvalue weighted by Gasteiger charge is 2.33. The van der Waals surface area contributed by atoms with E-state index in [1.807, 2.05) is 31.2 Å². The molecule has 0 unspecified atom stereocenters. The third-order valence-corrected chi connectivity index (χ3v) is 3.82.